The molecular formula is C13H16N2O3. The molecule has 0 saturated carbocycles. The molecule has 5 heteroatoms. The fraction of sp³-hybridized carbons (Fsp3) is 0.385. The van der Waals surface area contributed by atoms with Crippen molar-refractivity contribution in [1.82, 2.24) is 10.6 Å². The number of unbranched alkanes of at least 4 members (excludes halogenated alkanes) is 1. The van der Waals surface area contributed by atoms with Crippen LogP contribution in [0.5, 0.6) is 5.75 Å². The van der Waals surface area contributed by atoms with Crippen molar-refractivity contribution in [2.24, 2.45) is 0 Å². The highest BCUT2D eigenvalue weighted by Crippen LogP contribution is 2.31. The summed E-state index contributed by atoms with van der Waals surface area (Å²) in [6.07, 6.45) is 2.31. The number of carbonyl (C=O) groups excluding carboxylic acids is 2. The van der Waals surface area contributed by atoms with Gasteiger partial charge in [0.25, 0.3) is 5.91 Å². The summed E-state index contributed by atoms with van der Waals surface area (Å²) in [6.45, 7) is 2.03. The Hall–Kier alpha value is -2.04. The average Bonchev–Trinajstić information content (AvgIpc) is 2.63. The number of amides is 3. The third kappa shape index (κ3) is 2.03. The van der Waals surface area contributed by atoms with Crippen LogP contribution in [-0.4, -0.2) is 17.0 Å². The lowest BCUT2D eigenvalue weighted by molar-refractivity contribution is -0.124. The average molecular weight is 248 g/mol. The smallest absolute Gasteiger partial charge is 0.322 e. The maximum Gasteiger partial charge on any atom is 0.322 e. The Balaban J connectivity index is 2.39. The number of aromatic hydroxyl groups is 1. The van der Waals surface area contributed by atoms with Gasteiger partial charge in [0.15, 0.2) is 0 Å². The van der Waals surface area contributed by atoms with Gasteiger partial charge in [-0.3, -0.25) is 10.1 Å². The third-order valence-corrected chi connectivity index (χ3v) is 3.21. The van der Waals surface area contributed by atoms with E-state index in [1.54, 1.807) is 12.1 Å². The van der Waals surface area contributed by atoms with Crippen LogP contribution in [0.25, 0.3) is 0 Å². The number of rotatable bonds is 4. The number of hydrogen-bond donors (Lipinski definition) is 3. The lowest BCUT2D eigenvalue weighted by Gasteiger charge is -2.26. The van der Waals surface area contributed by atoms with Gasteiger partial charge in [-0.25, -0.2) is 4.79 Å². The summed E-state index contributed by atoms with van der Waals surface area (Å²) in [5.41, 5.74) is -0.307. The number of imide groups is 1. The van der Waals surface area contributed by atoms with Crippen LogP contribution in [0.2, 0.25) is 0 Å². The van der Waals surface area contributed by atoms with Crippen molar-refractivity contribution >= 4 is 11.9 Å². The number of hydrogen-bond acceptors (Lipinski definition) is 3. The second kappa shape index (κ2) is 4.68. The van der Waals surface area contributed by atoms with E-state index < -0.39 is 11.6 Å². The van der Waals surface area contributed by atoms with Crippen molar-refractivity contribution in [3.05, 3.63) is 29.8 Å². The lowest BCUT2D eigenvalue weighted by Crippen LogP contribution is -2.43. The molecule has 1 unspecified atom stereocenters. The normalized spacial score (nSPS) is 22.7. The molecular weight excluding hydrogens is 232 g/mol. The molecule has 18 heavy (non-hydrogen) atoms. The number of nitrogens with one attached hydrogen (secondary N) is 2. The topological polar surface area (TPSA) is 78.4 Å². The van der Waals surface area contributed by atoms with Gasteiger partial charge in [0.1, 0.15) is 11.3 Å². The van der Waals surface area contributed by atoms with Gasteiger partial charge in [-0.2, -0.15) is 0 Å². The van der Waals surface area contributed by atoms with E-state index in [-0.39, 0.29) is 11.7 Å². The van der Waals surface area contributed by atoms with Gasteiger partial charge in [-0.1, -0.05) is 31.9 Å². The van der Waals surface area contributed by atoms with Crippen LogP contribution >= 0.6 is 0 Å². The molecule has 1 heterocycles. The van der Waals surface area contributed by atoms with E-state index in [1.807, 2.05) is 6.92 Å². The number of urea groups is 1. The van der Waals surface area contributed by atoms with Crippen LogP contribution in [0, 0.1) is 0 Å². The Labute approximate surface area is 105 Å². The Kier molecular flexibility index (Phi) is 3.23. The minimum Gasteiger partial charge on any atom is -0.508 e. The first-order valence-corrected chi connectivity index (χ1v) is 6.01. The summed E-state index contributed by atoms with van der Waals surface area (Å²) >= 11 is 0. The number of benzene rings is 1. The highest BCUT2D eigenvalue weighted by molar-refractivity contribution is 6.07. The van der Waals surface area contributed by atoms with Crippen molar-refractivity contribution in [3.63, 3.8) is 0 Å². The molecule has 5 nitrogen and oxygen atoms in total. The Bertz CT molecular complexity index is 470. The van der Waals surface area contributed by atoms with E-state index >= 15 is 0 Å². The molecule has 1 aromatic carbocycles. The van der Waals surface area contributed by atoms with Gasteiger partial charge < -0.3 is 10.4 Å². The highest BCUT2D eigenvalue weighted by atomic mass is 16.3. The molecule has 0 radical (unpaired) electrons. The molecule has 2 rings (SSSR count). The predicted octanol–water partition coefficient (Wildman–Crippen LogP) is 1.62. The summed E-state index contributed by atoms with van der Waals surface area (Å²) in [5, 5.41) is 14.3. The molecule has 0 bridgehead atoms. The standard InChI is InChI=1S/C13H16N2O3/c1-2-3-8-13(11(17)14-12(18)15-13)9-4-6-10(16)7-5-9/h4-7,16H,2-3,8H2,1H3,(H2,14,15,17,18). The molecule has 1 aliphatic heterocycles. The highest BCUT2D eigenvalue weighted by Gasteiger charge is 2.46. The number of carbonyl (C=O) groups is 2. The zero-order valence-corrected chi connectivity index (χ0v) is 10.2. The van der Waals surface area contributed by atoms with Crippen molar-refractivity contribution < 1.29 is 14.7 Å². The molecule has 1 fully saturated rings. The molecule has 0 aromatic heterocycles. The van der Waals surface area contributed by atoms with Crippen molar-refractivity contribution in [1.29, 1.82) is 0 Å². The Morgan fingerprint density at radius 1 is 1.22 bits per heavy atom. The van der Waals surface area contributed by atoms with E-state index in [2.05, 4.69) is 10.6 Å². The summed E-state index contributed by atoms with van der Waals surface area (Å²) < 4.78 is 0. The zero-order chi connectivity index (χ0) is 13.2. The van der Waals surface area contributed by atoms with Gasteiger partial charge in [-0.05, 0) is 24.1 Å². The van der Waals surface area contributed by atoms with Gasteiger partial charge in [0.2, 0.25) is 0 Å². The quantitative estimate of drug-likeness (QED) is 0.708. The lowest BCUT2D eigenvalue weighted by atomic mass is 9.85. The molecule has 1 aliphatic rings. The van der Waals surface area contributed by atoms with Gasteiger partial charge in [0.05, 0.1) is 0 Å². The van der Waals surface area contributed by atoms with Gasteiger partial charge in [-0.15, -0.1) is 0 Å². The molecule has 1 atom stereocenters. The first kappa shape index (κ1) is 12.4. The molecule has 0 spiro atoms. The van der Waals surface area contributed by atoms with Crippen LogP contribution in [0.4, 0.5) is 4.79 Å². The molecule has 1 aromatic rings. The number of phenols is 1. The molecule has 0 aliphatic carbocycles. The van der Waals surface area contributed by atoms with Crippen molar-refractivity contribution in [2.75, 3.05) is 0 Å². The first-order valence-electron chi connectivity index (χ1n) is 6.01. The monoisotopic (exact) mass is 248 g/mol. The van der Waals surface area contributed by atoms with Crippen LogP contribution < -0.4 is 10.6 Å². The third-order valence-electron chi connectivity index (χ3n) is 3.21. The zero-order valence-electron chi connectivity index (χ0n) is 10.2. The van der Waals surface area contributed by atoms with E-state index in [0.717, 1.165) is 12.8 Å². The van der Waals surface area contributed by atoms with E-state index in [9.17, 15) is 14.7 Å². The van der Waals surface area contributed by atoms with Gasteiger partial charge in [0, 0.05) is 0 Å². The molecule has 1 saturated heterocycles. The van der Waals surface area contributed by atoms with Crippen molar-refractivity contribution in [2.45, 2.75) is 31.7 Å². The number of phenolic OH excluding ortho intramolecular Hbond substituents is 1. The Morgan fingerprint density at radius 2 is 1.89 bits per heavy atom. The summed E-state index contributed by atoms with van der Waals surface area (Å²) in [7, 11) is 0. The maximum atomic E-state index is 12.0. The van der Waals surface area contributed by atoms with Gasteiger partial charge >= 0.3 is 6.03 Å². The fourth-order valence-corrected chi connectivity index (χ4v) is 2.20. The minimum atomic E-state index is -0.999. The Morgan fingerprint density at radius 3 is 2.39 bits per heavy atom. The van der Waals surface area contributed by atoms with E-state index in [0.29, 0.717) is 12.0 Å². The molecule has 3 N–H and O–H groups in total. The van der Waals surface area contributed by atoms with Crippen molar-refractivity contribution in [3.8, 4) is 5.75 Å². The van der Waals surface area contributed by atoms with Crippen LogP contribution in [0.1, 0.15) is 31.7 Å². The first-order chi connectivity index (χ1) is 8.58. The van der Waals surface area contributed by atoms with E-state index in [1.165, 1.54) is 12.1 Å². The second-order valence-corrected chi connectivity index (χ2v) is 4.46. The molecule has 3 amide bonds. The summed E-state index contributed by atoms with van der Waals surface area (Å²) in [6, 6.07) is 5.89. The largest absolute Gasteiger partial charge is 0.508 e. The summed E-state index contributed by atoms with van der Waals surface area (Å²) in [4.78, 5) is 23.4. The van der Waals surface area contributed by atoms with Crippen LogP contribution in [0.3, 0.4) is 0 Å². The predicted molar refractivity (Wildman–Crippen MR) is 66.0 cm³/mol. The van der Waals surface area contributed by atoms with Crippen LogP contribution in [-0.2, 0) is 10.3 Å². The summed E-state index contributed by atoms with van der Waals surface area (Å²) in [5.74, 6) is -0.194. The minimum absolute atomic E-state index is 0.133. The second-order valence-electron chi connectivity index (χ2n) is 4.46. The molecule has 96 valence electrons. The maximum absolute atomic E-state index is 12.0. The SMILES string of the molecule is CCCCC1(c2ccc(O)cc2)NC(=O)NC1=O. The fourth-order valence-electron chi connectivity index (χ4n) is 2.20. The van der Waals surface area contributed by atoms with Crippen LogP contribution in [0.15, 0.2) is 24.3 Å². The van der Waals surface area contributed by atoms with E-state index in [4.69, 9.17) is 0 Å².